The van der Waals surface area contributed by atoms with Gasteiger partial charge in [0.25, 0.3) is 0 Å². The standard InChI is InChI=1S/C17H34N2O3/c1-11(2)10-13(18-8)15(20)19(9)14(12(3)4)16(21)22-17(5,6)7/h11-14,18H,10H2,1-9H3/t13-,14-/m0/s1. The Balaban J connectivity index is 5.17. The van der Waals surface area contributed by atoms with E-state index < -0.39 is 11.6 Å². The Morgan fingerprint density at radius 3 is 1.95 bits per heavy atom. The van der Waals surface area contributed by atoms with Crippen molar-refractivity contribution in [3.63, 3.8) is 0 Å². The number of hydrogen-bond donors (Lipinski definition) is 1. The average molecular weight is 314 g/mol. The van der Waals surface area contributed by atoms with Crippen molar-refractivity contribution in [2.75, 3.05) is 14.1 Å². The van der Waals surface area contributed by atoms with Gasteiger partial charge in [-0.15, -0.1) is 0 Å². The van der Waals surface area contributed by atoms with Gasteiger partial charge in [0.2, 0.25) is 5.91 Å². The Labute approximate surface area is 135 Å². The molecule has 0 unspecified atom stereocenters. The molecule has 0 fully saturated rings. The maximum atomic E-state index is 12.7. The first kappa shape index (κ1) is 20.9. The number of ether oxygens (including phenoxy) is 1. The van der Waals surface area contributed by atoms with E-state index in [0.29, 0.717) is 5.92 Å². The first-order valence-corrected chi connectivity index (χ1v) is 8.07. The summed E-state index contributed by atoms with van der Waals surface area (Å²) in [6, 6.07) is -0.858. The third-order valence-corrected chi connectivity index (χ3v) is 3.40. The van der Waals surface area contributed by atoms with Gasteiger partial charge in [-0.3, -0.25) is 4.79 Å². The lowest BCUT2D eigenvalue weighted by Gasteiger charge is -2.34. The molecule has 0 radical (unpaired) electrons. The van der Waals surface area contributed by atoms with Gasteiger partial charge in [-0.2, -0.15) is 0 Å². The monoisotopic (exact) mass is 314 g/mol. The van der Waals surface area contributed by atoms with E-state index in [4.69, 9.17) is 4.74 Å². The van der Waals surface area contributed by atoms with Crippen LogP contribution >= 0.6 is 0 Å². The Kier molecular flexibility index (Phi) is 8.09. The number of likely N-dealkylation sites (N-methyl/N-ethyl adjacent to an activating group) is 2. The number of nitrogens with zero attached hydrogens (tertiary/aromatic N) is 1. The van der Waals surface area contributed by atoms with Crippen LogP contribution in [0, 0.1) is 11.8 Å². The van der Waals surface area contributed by atoms with Crippen LogP contribution in [0.25, 0.3) is 0 Å². The lowest BCUT2D eigenvalue weighted by molar-refractivity contribution is -0.166. The maximum absolute atomic E-state index is 12.7. The fraction of sp³-hybridized carbons (Fsp3) is 0.882. The smallest absolute Gasteiger partial charge is 0.329 e. The maximum Gasteiger partial charge on any atom is 0.329 e. The third-order valence-electron chi connectivity index (χ3n) is 3.40. The number of rotatable bonds is 7. The lowest BCUT2D eigenvalue weighted by Crippen LogP contribution is -2.53. The fourth-order valence-electron chi connectivity index (χ4n) is 2.44. The first-order chi connectivity index (χ1) is 9.90. The molecule has 0 bridgehead atoms. The number of hydrogen-bond acceptors (Lipinski definition) is 4. The van der Waals surface area contributed by atoms with E-state index >= 15 is 0 Å². The highest BCUT2D eigenvalue weighted by Crippen LogP contribution is 2.18. The van der Waals surface area contributed by atoms with Gasteiger partial charge >= 0.3 is 5.97 Å². The van der Waals surface area contributed by atoms with Crippen molar-refractivity contribution < 1.29 is 14.3 Å². The molecule has 22 heavy (non-hydrogen) atoms. The van der Waals surface area contributed by atoms with Gasteiger partial charge in [0, 0.05) is 7.05 Å². The molecule has 0 saturated heterocycles. The average Bonchev–Trinajstić information content (AvgIpc) is 2.31. The molecule has 0 heterocycles. The van der Waals surface area contributed by atoms with Crippen molar-refractivity contribution >= 4 is 11.9 Å². The predicted octanol–water partition coefficient (Wildman–Crippen LogP) is 2.45. The molecule has 0 aromatic rings. The summed E-state index contributed by atoms with van der Waals surface area (Å²) in [6.07, 6.45) is 0.735. The lowest BCUT2D eigenvalue weighted by atomic mass is 9.99. The van der Waals surface area contributed by atoms with Crippen LogP contribution in [-0.4, -0.2) is 48.6 Å². The minimum Gasteiger partial charge on any atom is -0.458 e. The SMILES string of the molecule is CN[C@@H](CC(C)C)C(=O)N(C)[C@H](C(=O)OC(C)(C)C)C(C)C. The van der Waals surface area contributed by atoms with Gasteiger partial charge in [0.15, 0.2) is 0 Å². The molecule has 0 aromatic heterocycles. The van der Waals surface area contributed by atoms with Crippen LogP contribution in [0.1, 0.15) is 54.9 Å². The number of amides is 1. The summed E-state index contributed by atoms with van der Waals surface area (Å²) in [5, 5.41) is 3.05. The molecule has 2 atom stereocenters. The molecule has 5 nitrogen and oxygen atoms in total. The Bertz CT molecular complexity index is 373. The van der Waals surface area contributed by atoms with Gasteiger partial charge in [0.1, 0.15) is 11.6 Å². The molecule has 130 valence electrons. The minimum atomic E-state index is -0.574. The van der Waals surface area contributed by atoms with Gasteiger partial charge in [0.05, 0.1) is 6.04 Å². The number of carbonyl (C=O) groups excluding carboxylic acids is 2. The molecule has 1 N–H and O–H groups in total. The van der Waals surface area contributed by atoms with E-state index in [1.54, 1.807) is 14.1 Å². The van der Waals surface area contributed by atoms with Crippen LogP contribution in [0.2, 0.25) is 0 Å². The van der Waals surface area contributed by atoms with E-state index in [2.05, 4.69) is 19.2 Å². The summed E-state index contributed by atoms with van der Waals surface area (Å²) >= 11 is 0. The summed E-state index contributed by atoms with van der Waals surface area (Å²) < 4.78 is 5.47. The third kappa shape index (κ3) is 6.77. The molecule has 0 spiro atoms. The number of esters is 1. The van der Waals surface area contributed by atoms with Crippen molar-refractivity contribution in [1.29, 1.82) is 0 Å². The van der Waals surface area contributed by atoms with E-state index in [0.717, 1.165) is 6.42 Å². The molecule has 0 aliphatic heterocycles. The summed E-state index contributed by atoms with van der Waals surface area (Å²) in [4.78, 5) is 26.7. The number of carbonyl (C=O) groups is 2. The zero-order valence-corrected chi connectivity index (χ0v) is 15.7. The second kappa shape index (κ2) is 8.51. The van der Waals surface area contributed by atoms with Crippen molar-refractivity contribution in [1.82, 2.24) is 10.2 Å². The molecule has 0 aromatic carbocycles. The molecule has 0 aliphatic carbocycles. The largest absolute Gasteiger partial charge is 0.458 e. The zero-order chi connectivity index (χ0) is 17.7. The second-order valence-electron chi connectivity index (χ2n) is 7.64. The summed E-state index contributed by atoms with van der Waals surface area (Å²) in [5.41, 5.74) is -0.561. The molecule has 0 saturated carbocycles. The molecule has 1 amide bonds. The molecular weight excluding hydrogens is 280 g/mol. The van der Waals surface area contributed by atoms with E-state index in [-0.39, 0.29) is 23.8 Å². The van der Waals surface area contributed by atoms with Gasteiger partial charge in [-0.05, 0) is 46.1 Å². The first-order valence-electron chi connectivity index (χ1n) is 8.07. The quantitative estimate of drug-likeness (QED) is 0.733. The zero-order valence-electron chi connectivity index (χ0n) is 15.7. The van der Waals surface area contributed by atoms with Crippen molar-refractivity contribution in [3.8, 4) is 0 Å². The van der Waals surface area contributed by atoms with Crippen LogP contribution in [0.3, 0.4) is 0 Å². The Morgan fingerprint density at radius 1 is 1.14 bits per heavy atom. The second-order valence-corrected chi connectivity index (χ2v) is 7.64. The topological polar surface area (TPSA) is 58.6 Å². The Hall–Kier alpha value is -1.10. The van der Waals surface area contributed by atoms with Gasteiger partial charge < -0.3 is 15.0 Å². The highest BCUT2D eigenvalue weighted by molar-refractivity contribution is 5.87. The number of nitrogens with one attached hydrogen (secondary N) is 1. The van der Waals surface area contributed by atoms with Gasteiger partial charge in [-0.25, -0.2) is 4.79 Å². The molecule has 5 heteroatoms. The van der Waals surface area contributed by atoms with Crippen molar-refractivity contribution in [2.45, 2.75) is 72.6 Å². The highest BCUT2D eigenvalue weighted by atomic mass is 16.6. The summed E-state index contributed by atoms with van der Waals surface area (Å²) in [5.74, 6) is -0.0345. The van der Waals surface area contributed by atoms with Gasteiger partial charge in [-0.1, -0.05) is 27.7 Å². The van der Waals surface area contributed by atoms with E-state index in [1.165, 1.54) is 4.90 Å². The van der Waals surface area contributed by atoms with Crippen LogP contribution in [0.15, 0.2) is 0 Å². The van der Waals surface area contributed by atoms with E-state index in [9.17, 15) is 9.59 Å². The predicted molar refractivity (Wildman–Crippen MR) is 89.5 cm³/mol. The normalized spacial score (nSPS) is 14.9. The van der Waals surface area contributed by atoms with Crippen LogP contribution < -0.4 is 5.32 Å². The van der Waals surface area contributed by atoms with Crippen molar-refractivity contribution in [3.05, 3.63) is 0 Å². The fourth-order valence-corrected chi connectivity index (χ4v) is 2.44. The van der Waals surface area contributed by atoms with Crippen LogP contribution in [-0.2, 0) is 14.3 Å². The molecule has 0 aliphatic rings. The summed E-state index contributed by atoms with van der Waals surface area (Å²) in [6.45, 7) is 13.5. The Morgan fingerprint density at radius 2 is 1.64 bits per heavy atom. The molecular formula is C17H34N2O3. The highest BCUT2D eigenvalue weighted by Gasteiger charge is 2.35. The minimum absolute atomic E-state index is 0.0136. The molecule has 0 rings (SSSR count). The van der Waals surface area contributed by atoms with Crippen LogP contribution in [0.4, 0.5) is 0 Å². The van der Waals surface area contributed by atoms with E-state index in [1.807, 2.05) is 34.6 Å². The van der Waals surface area contributed by atoms with Crippen molar-refractivity contribution in [2.24, 2.45) is 11.8 Å². The van der Waals surface area contributed by atoms with Crippen LogP contribution in [0.5, 0.6) is 0 Å². The summed E-state index contributed by atoms with van der Waals surface area (Å²) in [7, 11) is 3.46.